The molecule has 1 unspecified atom stereocenters. The molecule has 0 N–H and O–H groups in total. The Labute approximate surface area is 116 Å². The van der Waals surface area contributed by atoms with Gasteiger partial charge in [0.05, 0.1) is 0 Å². The molecule has 0 saturated heterocycles. The van der Waals surface area contributed by atoms with Crippen LogP contribution in [0.15, 0.2) is 51.4 Å². The van der Waals surface area contributed by atoms with Crippen LogP contribution in [0.1, 0.15) is 0 Å². The number of oxazole rings is 1. The van der Waals surface area contributed by atoms with Gasteiger partial charge in [0, 0.05) is 0 Å². The Balaban J connectivity index is 2.14. The van der Waals surface area contributed by atoms with Gasteiger partial charge in [-0.15, -0.1) is 0 Å². The quantitative estimate of drug-likeness (QED) is 0.631. The molecule has 0 aliphatic carbocycles. The van der Waals surface area contributed by atoms with Gasteiger partial charge in [0.1, 0.15) is 0 Å². The molecule has 1 atom stereocenters. The Morgan fingerprint density at radius 2 is 1.82 bits per heavy atom. The fraction of sp³-hybridized carbons (Fsp3) is 0. The van der Waals surface area contributed by atoms with Crippen molar-refractivity contribution in [3.63, 3.8) is 0 Å². The van der Waals surface area contributed by atoms with Crippen molar-refractivity contribution in [2.75, 3.05) is 0 Å². The number of nitrogens with zero attached hydrogens (tertiary/aromatic N) is 1. The summed E-state index contributed by atoms with van der Waals surface area (Å²) in [6.07, 6.45) is 0. The van der Waals surface area contributed by atoms with E-state index in [0.717, 1.165) is 21.1 Å². The van der Waals surface area contributed by atoms with Gasteiger partial charge in [-0.05, 0) is 0 Å². The van der Waals surface area contributed by atoms with E-state index in [4.69, 9.17) is 4.42 Å². The van der Waals surface area contributed by atoms with E-state index >= 15 is 0 Å². The summed E-state index contributed by atoms with van der Waals surface area (Å²) in [5.74, 6) is 0.672. The first-order chi connectivity index (χ1) is 8.22. The number of hydrogen-bond donors (Lipinski definition) is 0. The molecule has 0 spiro atoms. The molecule has 0 aliphatic rings. The molecule has 3 aromatic rings. The standard InChI is InChI=1S/C13H9AsBrNO/c14-9-3-6-12-11(7-9)16-13(17-12)8-1-4-10(15)5-2-8/h1-7H,14H2. The van der Waals surface area contributed by atoms with Crippen LogP contribution in [0.2, 0.25) is 0 Å². The average molecular weight is 350 g/mol. The van der Waals surface area contributed by atoms with Crippen molar-refractivity contribution in [2.24, 2.45) is 0 Å². The molecule has 2 aromatic carbocycles. The summed E-state index contributed by atoms with van der Waals surface area (Å²) in [6.45, 7) is 0. The van der Waals surface area contributed by atoms with Gasteiger partial charge in [-0.1, -0.05) is 0 Å². The molecule has 1 aromatic heterocycles. The first-order valence-electron chi connectivity index (χ1n) is 5.14. The van der Waals surface area contributed by atoms with E-state index in [1.54, 1.807) is 16.9 Å². The van der Waals surface area contributed by atoms with Crippen LogP contribution in [0.3, 0.4) is 0 Å². The van der Waals surface area contributed by atoms with Crippen molar-refractivity contribution in [3.8, 4) is 11.5 Å². The predicted octanol–water partition coefficient (Wildman–Crippen LogP) is 2.52. The second-order valence-electron chi connectivity index (χ2n) is 3.75. The van der Waals surface area contributed by atoms with E-state index in [0.29, 0.717) is 5.89 Å². The molecule has 0 bridgehead atoms. The zero-order chi connectivity index (χ0) is 11.8. The third-order valence-electron chi connectivity index (χ3n) is 2.50. The number of benzene rings is 2. The van der Waals surface area contributed by atoms with E-state index in [1.165, 1.54) is 4.35 Å². The maximum absolute atomic E-state index is 5.73. The molecule has 2 nitrogen and oxygen atoms in total. The monoisotopic (exact) mass is 349 g/mol. The van der Waals surface area contributed by atoms with Crippen LogP contribution in [-0.2, 0) is 0 Å². The zero-order valence-corrected chi connectivity index (χ0v) is 12.9. The summed E-state index contributed by atoms with van der Waals surface area (Å²) >= 11 is 5.01. The predicted molar refractivity (Wildman–Crippen MR) is 75.3 cm³/mol. The Morgan fingerprint density at radius 3 is 2.59 bits per heavy atom. The Kier molecular flexibility index (Phi) is 2.81. The van der Waals surface area contributed by atoms with Gasteiger partial charge >= 0.3 is 116 Å². The third-order valence-corrected chi connectivity index (χ3v) is 3.78. The van der Waals surface area contributed by atoms with E-state index in [1.807, 2.05) is 30.3 Å². The molecule has 0 aliphatic heterocycles. The zero-order valence-electron chi connectivity index (χ0n) is 8.85. The van der Waals surface area contributed by atoms with E-state index in [9.17, 15) is 0 Å². The topological polar surface area (TPSA) is 26.0 Å². The van der Waals surface area contributed by atoms with Crippen molar-refractivity contribution < 1.29 is 4.42 Å². The van der Waals surface area contributed by atoms with Crippen molar-refractivity contribution in [2.45, 2.75) is 0 Å². The van der Waals surface area contributed by atoms with Gasteiger partial charge in [-0.25, -0.2) is 0 Å². The summed E-state index contributed by atoms with van der Waals surface area (Å²) in [6, 6.07) is 14.0. The SMILES string of the molecule is [AsH2]c1ccc2oc(-c3ccc(Br)cc3)nc2c1. The van der Waals surface area contributed by atoms with Gasteiger partial charge in [0.25, 0.3) is 0 Å². The normalized spacial score (nSPS) is 10.9. The summed E-state index contributed by atoms with van der Waals surface area (Å²) < 4.78 is 8.03. The number of hydrogen-bond acceptors (Lipinski definition) is 2. The Bertz CT molecular complexity index is 675. The molecule has 1 heterocycles. The Hall–Kier alpha value is -1.05. The first-order valence-corrected chi connectivity index (χ1v) is 7.15. The van der Waals surface area contributed by atoms with Gasteiger partial charge in [0.15, 0.2) is 0 Å². The second-order valence-corrected chi connectivity index (χ2v) is 6.07. The van der Waals surface area contributed by atoms with Gasteiger partial charge in [-0.2, -0.15) is 0 Å². The van der Waals surface area contributed by atoms with E-state index in [-0.39, 0.29) is 0 Å². The van der Waals surface area contributed by atoms with E-state index in [2.05, 4.69) is 33.0 Å². The molecule has 0 saturated carbocycles. The molecular formula is C13H9AsBrNO. The minimum absolute atomic E-state index is 0.672. The summed E-state index contributed by atoms with van der Waals surface area (Å²) in [4.78, 5) is 4.50. The van der Waals surface area contributed by atoms with Crippen LogP contribution in [0.4, 0.5) is 0 Å². The summed E-state index contributed by atoms with van der Waals surface area (Å²) in [5.41, 5.74) is 2.75. The third kappa shape index (κ3) is 2.17. The van der Waals surface area contributed by atoms with Crippen molar-refractivity contribution in [1.82, 2.24) is 4.98 Å². The Morgan fingerprint density at radius 1 is 1.06 bits per heavy atom. The number of aromatic nitrogens is 1. The van der Waals surface area contributed by atoms with E-state index < -0.39 is 0 Å². The molecule has 84 valence electrons. The molecule has 3 rings (SSSR count). The van der Waals surface area contributed by atoms with Crippen LogP contribution in [0.25, 0.3) is 22.6 Å². The average Bonchev–Trinajstić information content (AvgIpc) is 2.72. The van der Waals surface area contributed by atoms with Crippen LogP contribution in [0, 0.1) is 0 Å². The van der Waals surface area contributed by atoms with Gasteiger partial charge < -0.3 is 0 Å². The van der Waals surface area contributed by atoms with Gasteiger partial charge in [0.2, 0.25) is 0 Å². The fourth-order valence-corrected chi connectivity index (χ4v) is 2.46. The molecule has 0 fully saturated rings. The van der Waals surface area contributed by atoms with Crippen molar-refractivity contribution in [3.05, 3.63) is 46.9 Å². The van der Waals surface area contributed by atoms with Crippen molar-refractivity contribution in [1.29, 1.82) is 0 Å². The second kappa shape index (κ2) is 4.32. The molecular weight excluding hydrogens is 341 g/mol. The van der Waals surface area contributed by atoms with Crippen molar-refractivity contribution >= 4 is 48.2 Å². The summed E-state index contributed by atoms with van der Waals surface area (Å²) in [5, 5.41) is 0. The molecule has 17 heavy (non-hydrogen) atoms. The number of halogens is 1. The van der Waals surface area contributed by atoms with Crippen LogP contribution >= 0.6 is 15.9 Å². The molecule has 0 amide bonds. The number of rotatable bonds is 1. The number of fused-ring (bicyclic) bond motifs is 1. The van der Waals surface area contributed by atoms with Crippen LogP contribution in [0.5, 0.6) is 0 Å². The molecule has 0 radical (unpaired) electrons. The maximum atomic E-state index is 5.73. The van der Waals surface area contributed by atoms with Crippen LogP contribution in [-0.4, -0.2) is 21.8 Å². The summed E-state index contributed by atoms with van der Waals surface area (Å²) in [7, 11) is 0. The van der Waals surface area contributed by atoms with Gasteiger partial charge in [-0.3, -0.25) is 0 Å². The first kappa shape index (κ1) is 11.1. The molecule has 4 heteroatoms. The fourth-order valence-electron chi connectivity index (χ4n) is 1.66. The van der Waals surface area contributed by atoms with Crippen LogP contribution < -0.4 is 4.35 Å². The minimum atomic E-state index is 0.672.